The van der Waals surface area contributed by atoms with Crippen molar-refractivity contribution in [3.63, 3.8) is 0 Å². The molecule has 1 aromatic heterocycles. The van der Waals surface area contributed by atoms with Crippen molar-refractivity contribution >= 4 is 5.91 Å². The molecule has 5 heteroatoms. The third-order valence-electron chi connectivity index (χ3n) is 3.60. The van der Waals surface area contributed by atoms with Crippen LogP contribution in [-0.4, -0.2) is 27.8 Å². The van der Waals surface area contributed by atoms with Gasteiger partial charge in [-0.3, -0.25) is 4.79 Å². The molecule has 20 heavy (non-hydrogen) atoms. The molecule has 5 nitrogen and oxygen atoms in total. The minimum atomic E-state index is -0.589. The van der Waals surface area contributed by atoms with E-state index in [2.05, 4.69) is 10.4 Å². The first-order valence-electron chi connectivity index (χ1n) is 6.84. The van der Waals surface area contributed by atoms with Crippen LogP contribution in [0.5, 0.6) is 0 Å². The number of nitrogens with two attached hydrogens (primary N) is 1. The second kappa shape index (κ2) is 5.09. The average Bonchev–Trinajstić information content (AvgIpc) is 3.05. The van der Waals surface area contributed by atoms with E-state index in [1.165, 1.54) is 0 Å². The first-order chi connectivity index (χ1) is 9.67. The smallest absolute Gasteiger partial charge is 0.240 e. The zero-order valence-electron chi connectivity index (χ0n) is 11.2. The van der Waals surface area contributed by atoms with Crippen molar-refractivity contribution in [1.29, 1.82) is 0 Å². The Hall–Kier alpha value is -2.14. The van der Waals surface area contributed by atoms with Crippen LogP contribution in [0.2, 0.25) is 0 Å². The zero-order chi connectivity index (χ0) is 14.0. The molecule has 0 spiro atoms. The van der Waals surface area contributed by atoms with Gasteiger partial charge in [0, 0.05) is 12.7 Å². The van der Waals surface area contributed by atoms with Gasteiger partial charge < -0.3 is 11.1 Å². The lowest BCUT2D eigenvalue weighted by molar-refractivity contribution is -0.123. The highest BCUT2D eigenvalue weighted by Crippen LogP contribution is 2.31. The topological polar surface area (TPSA) is 72.9 Å². The molecule has 104 valence electrons. The maximum Gasteiger partial charge on any atom is 0.240 e. The van der Waals surface area contributed by atoms with E-state index in [1.54, 1.807) is 0 Å². The lowest BCUT2D eigenvalue weighted by Gasteiger charge is -2.08. The number of hydrogen-bond donors (Lipinski definition) is 2. The highest BCUT2D eigenvalue weighted by Gasteiger charge is 2.45. The van der Waals surface area contributed by atoms with E-state index in [1.807, 2.05) is 47.4 Å². The normalized spacial score (nSPS) is 15.8. The third-order valence-corrected chi connectivity index (χ3v) is 3.60. The van der Waals surface area contributed by atoms with Crippen LogP contribution in [0, 0.1) is 0 Å². The molecule has 0 radical (unpaired) electrons. The predicted molar refractivity (Wildman–Crippen MR) is 76.4 cm³/mol. The summed E-state index contributed by atoms with van der Waals surface area (Å²) < 4.78 is 1.84. The largest absolute Gasteiger partial charge is 0.354 e. The summed E-state index contributed by atoms with van der Waals surface area (Å²) in [6, 6.07) is 9.94. The Bertz CT molecular complexity index is 601. The van der Waals surface area contributed by atoms with E-state index in [4.69, 9.17) is 5.73 Å². The fraction of sp³-hybridized carbons (Fsp3) is 0.333. The standard InChI is InChI=1S/C15H18N4O/c16-15(7-8-15)14(20)17-9-6-12-10-18-19(11-12)13-4-2-1-3-5-13/h1-5,10-11H,6-9,16H2,(H,17,20). The summed E-state index contributed by atoms with van der Waals surface area (Å²) in [6.07, 6.45) is 6.16. The summed E-state index contributed by atoms with van der Waals surface area (Å²) in [6.45, 7) is 0.596. The Labute approximate surface area is 117 Å². The molecule has 1 saturated carbocycles. The van der Waals surface area contributed by atoms with Gasteiger partial charge in [-0.15, -0.1) is 0 Å². The molecule has 1 fully saturated rings. The second-order valence-electron chi connectivity index (χ2n) is 5.29. The maximum atomic E-state index is 11.7. The highest BCUT2D eigenvalue weighted by molar-refractivity contribution is 5.88. The molecule has 1 aliphatic rings. The molecule has 0 unspecified atom stereocenters. The van der Waals surface area contributed by atoms with Crippen LogP contribution in [0.25, 0.3) is 5.69 Å². The number of aromatic nitrogens is 2. The number of para-hydroxylation sites is 1. The molecule has 1 heterocycles. The molecule has 1 amide bonds. The number of amides is 1. The number of carbonyl (C=O) groups is 1. The number of carbonyl (C=O) groups excluding carboxylic acids is 1. The van der Waals surface area contributed by atoms with Crippen molar-refractivity contribution < 1.29 is 4.79 Å². The lowest BCUT2D eigenvalue weighted by atomic mass is 10.2. The first-order valence-corrected chi connectivity index (χ1v) is 6.84. The van der Waals surface area contributed by atoms with Crippen molar-refractivity contribution in [2.75, 3.05) is 6.54 Å². The summed E-state index contributed by atoms with van der Waals surface area (Å²) in [5, 5.41) is 7.21. The number of benzene rings is 1. The van der Waals surface area contributed by atoms with Crippen LogP contribution in [0.1, 0.15) is 18.4 Å². The fourth-order valence-electron chi connectivity index (χ4n) is 2.07. The molecular formula is C15H18N4O. The van der Waals surface area contributed by atoms with Gasteiger partial charge in [0.1, 0.15) is 0 Å². The minimum Gasteiger partial charge on any atom is -0.354 e. The van der Waals surface area contributed by atoms with Crippen LogP contribution in [0.15, 0.2) is 42.7 Å². The maximum absolute atomic E-state index is 11.7. The van der Waals surface area contributed by atoms with E-state index in [-0.39, 0.29) is 5.91 Å². The van der Waals surface area contributed by atoms with Gasteiger partial charge in [0.05, 0.1) is 17.4 Å². The van der Waals surface area contributed by atoms with Crippen molar-refractivity contribution in [2.24, 2.45) is 5.73 Å². The molecule has 2 aromatic rings. The molecule has 0 saturated heterocycles. The Balaban J connectivity index is 1.54. The Morgan fingerprint density at radius 1 is 1.35 bits per heavy atom. The summed E-state index contributed by atoms with van der Waals surface area (Å²) in [7, 11) is 0. The van der Waals surface area contributed by atoms with Crippen LogP contribution in [0.3, 0.4) is 0 Å². The number of hydrogen-bond acceptors (Lipinski definition) is 3. The van der Waals surface area contributed by atoms with E-state index >= 15 is 0 Å². The van der Waals surface area contributed by atoms with Crippen molar-refractivity contribution in [1.82, 2.24) is 15.1 Å². The van der Waals surface area contributed by atoms with Crippen LogP contribution in [-0.2, 0) is 11.2 Å². The van der Waals surface area contributed by atoms with E-state index in [9.17, 15) is 4.79 Å². The summed E-state index contributed by atoms with van der Waals surface area (Å²) in [5.74, 6) is -0.0343. The third kappa shape index (κ3) is 2.72. The van der Waals surface area contributed by atoms with Gasteiger partial charge in [0.25, 0.3) is 0 Å². The zero-order valence-corrected chi connectivity index (χ0v) is 11.2. The number of nitrogens with one attached hydrogen (secondary N) is 1. The van der Waals surface area contributed by atoms with Crippen LogP contribution < -0.4 is 11.1 Å². The van der Waals surface area contributed by atoms with E-state index in [0.29, 0.717) is 6.54 Å². The van der Waals surface area contributed by atoms with Gasteiger partial charge in [-0.2, -0.15) is 5.10 Å². The molecule has 1 aliphatic carbocycles. The molecule has 0 atom stereocenters. The second-order valence-corrected chi connectivity index (χ2v) is 5.29. The molecule has 0 bridgehead atoms. The number of nitrogens with zero attached hydrogens (tertiary/aromatic N) is 2. The molecule has 3 rings (SSSR count). The quantitative estimate of drug-likeness (QED) is 0.852. The van der Waals surface area contributed by atoms with Gasteiger partial charge in [0.2, 0.25) is 5.91 Å². The monoisotopic (exact) mass is 270 g/mol. The van der Waals surface area contributed by atoms with E-state index in [0.717, 1.165) is 30.5 Å². The predicted octanol–water partition coefficient (Wildman–Crippen LogP) is 1.02. The SMILES string of the molecule is NC1(C(=O)NCCc2cnn(-c3ccccc3)c2)CC1. The Morgan fingerprint density at radius 3 is 2.80 bits per heavy atom. The number of rotatable bonds is 5. The van der Waals surface area contributed by atoms with Crippen molar-refractivity contribution in [3.8, 4) is 5.69 Å². The molecule has 1 aromatic carbocycles. The van der Waals surface area contributed by atoms with Gasteiger partial charge in [0.15, 0.2) is 0 Å². The summed E-state index contributed by atoms with van der Waals surface area (Å²) in [4.78, 5) is 11.7. The minimum absolute atomic E-state index is 0.0343. The van der Waals surface area contributed by atoms with Crippen LogP contribution >= 0.6 is 0 Å². The van der Waals surface area contributed by atoms with Crippen molar-refractivity contribution in [2.45, 2.75) is 24.8 Å². The summed E-state index contributed by atoms with van der Waals surface area (Å²) >= 11 is 0. The molecule has 3 N–H and O–H groups in total. The highest BCUT2D eigenvalue weighted by atomic mass is 16.2. The Morgan fingerprint density at radius 2 is 2.10 bits per heavy atom. The summed E-state index contributed by atoms with van der Waals surface area (Å²) in [5.41, 5.74) is 7.35. The van der Waals surface area contributed by atoms with Gasteiger partial charge in [-0.25, -0.2) is 4.68 Å². The Kier molecular flexibility index (Phi) is 3.28. The molecule has 0 aliphatic heterocycles. The average molecular weight is 270 g/mol. The van der Waals surface area contributed by atoms with E-state index < -0.39 is 5.54 Å². The van der Waals surface area contributed by atoms with Crippen LogP contribution in [0.4, 0.5) is 0 Å². The van der Waals surface area contributed by atoms with Gasteiger partial charge in [-0.1, -0.05) is 18.2 Å². The van der Waals surface area contributed by atoms with Gasteiger partial charge >= 0.3 is 0 Å². The first kappa shape index (κ1) is 12.9. The van der Waals surface area contributed by atoms with Crippen molar-refractivity contribution in [3.05, 3.63) is 48.3 Å². The lowest BCUT2D eigenvalue weighted by Crippen LogP contribution is -2.43. The molecular weight excluding hydrogens is 252 g/mol. The fourth-order valence-corrected chi connectivity index (χ4v) is 2.07. The van der Waals surface area contributed by atoms with Gasteiger partial charge in [-0.05, 0) is 37.0 Å².